The molecule has 5 heteroatoms. The first-order valence-electron chi connectivity index (χ1n) is 4.62. The Labute approximate surface area is 82.6 Å². The summed E-state index contributed by atoms with van der Waals surface area (Å²) in [4.78, 5) is 1.52. The van der Waals surface area contributed by atoms with Crippen molar-refractivity contribution in [2.45, 2.75) is 43.4 Å². The fourth-order valence-electron chi connectivity index (χ4n) is 1.35. The number of aliphatic hydroxyl groups is 3. The second kappa shape index (κ2) is 5.17. The van der Waals surface area contributed by atoms with Gasteiger partial charge in [0.1, 0.15) is 11.7 Å². The highest BCUT2D eigenvalue weighted by molar-refractivity contribution is 8.00. The van der Waals surface area contributed by atoms with Gasteiger partial charge in [0, 0.05) is 6.54 Å². The highest BCUT2D eigenvalue weighted by atomic mass is 32.2. The molecule has 78 valence electrons. The number of nitrogens with zero attached hydrogens (tertiary/aromatic N) is 1. The summed E-state index contributed by atoms with van der Waals surface area (Å²) in [7, 11) is 0. The number of hydrogen-bond donors (Lipinski definition) is 3. The molecule has 3 N–H and O–H groups in total. The van der Waals surface area contributed by atoms with E-state index < -0.39 is 17.2 Å². The van der Waals surface area contributed by atoms with E-state index in [1.165, 1.54) is 4.90 Å². The fourth-order valence-corrected chi connectivity index (χ4v) is 2.29. The predicted octanol–water partition coefficient (Wildman–Crippen LogP) is 0.138. The summed E-state index contributed by atoms with van der Waals surface area (Å²) in [6.45, 7) is 2.74. The van der Waals surface area contributed by atoms with Crippen LogP contribution in [0.4, 0.5) is 0 Å². The van der Waals surface area contributed by atoms with Crippen LogP contribution >= 0.6 is 11.8 Å². The van der Waals surface area contributed by atoms with Gasteiger partial charge < -0.3 is 15.3 Å². The largest absolute Gasteiger partial charge is 0.378 e. The van der Waals surface area contributed by atoms with Crippen LogP contribution in [-0.4, -0.2) is 44.0 Å². The Balaban J connectivity index is 2.31. The molecule has 1 rings (SSSR count). The molecule has 0 saturated carbocycles. The van der Waals surface area contributed by atoms with Crippen LogP contribution in [0.25, 0.3) is 0 Å². The van der Waals surface area contributed by atoms with Gasteiger partial charge in [0.2, 0.25) is 0 Å². The molecule has 0 bridgehead atoms. The van der Waals surface area contributed by atoms with Gasteiger partial charge in [-0.25, -0.2) is 4.90 Å². The zero-order valence-electron chi connectivity index (χ0n) is 7.76. The van der Waals surface area contributed by atoms with Gasteiger partial charge in [-0.3, -0.25) is 0 Å². The maximum absolute atomic E-state index is 9.42. The standard InChI is InChI=1S/C8H17NO3S/c1-2-3-4-5-9-6(10)7(11)13-8(9)12/h6-8,10-12H,2-5H2,1H3. The van der Waals surface area contributed by atoms with Crippen LogP contribution in [0.3, 0.4) is 0 Å². The van der Waals surface area contributed by atoms with Gasteiger partial charge in [0.05, 0.1) is 0 Å². The summed E-state index contributed by atoms with van der Waals surface area (Å²) in [5, 5.41) is 28.0. The molecular formula is C8H17NO3S. The molecule has 0 aliphatic carbocycles. The van der Waals surface area contributed by atoms with E-state index in [1.807, 2.05) is 0 Å². The molecule has 0 amide bonds. The van der Waals surface area contributed by atoms with Crippen molar-refractivity contribution in [1.29, 1.82) is 0 Å². The van der Waals surface area contributed by atoms with Crippen molar-refractivity contribution >= 4 is 11.8 Å². The number of unbranched alkanes of at least 4 members (excludes halogenated alkanes) is 2. The summed E-state index contributed by atoms with van der Waals surface area (Å²) in [5.74, 6) is 0. The summed E-state index contributed by atoms with van der Waals surface area (Å²) in [6.07, 6.45) is 2.21. The topological polar surface area (TPSA) is 63.9 Å². The predicted molar refractivity (Wildman–Crippen MR) is 51.8 cm³/mol. The smallest absolute Gasteiger partial charge is 0.160 e. The van der Waals surface area contributed by atoms with Crippen molar-refractivity contribution in [3.8, 4) is 0 Å². The van der Waals surface area contributed by atoms with Gasteiger partial charge in [-0.1, -0.05) is 31.5 Å². The van der Waals surface area contributed by atoms with E-state index in [-0.39, 0.29) is 0 Å². The second-order valence-electron chi connectivity index (χ2n) is 3.21. The second-order valence-corrected chi connectivity index (χ2v) is 4.39. The first kappa shape index (κ1) is 11.3. The van der Waals surface area contributed by atoms with Gasteiger partial charge in [-0.05, 0) is 6.42 Å². The van der Waals surface area contributed by atoms with E-state index in [4.69, 9.17) is 0 Å². The van der Waals surface area contributed by atoms with Crippen LogP contribution < -0.4 is 0 Å². The Morgan fingerprint density at radius 1 is 1.23 bits per heavy atom. The highest BCUT2D eigenvalue weighted by Gasteiger charge is 2.38. The highest BCUT2D eigenvalue weighted by Crippen LogP contribution is 2.31. The Bertz CT molecular complexity index is 158. The average molecular weight is 207 g/mol. The molecule has 0 aromatic heterocycles. The maximum Gasteiger partial charge on any atom is 0.160 e. The Morgan fingerprint density at radius 2 is 1.92 bits per heavy atom. The van der Waals surface area contributed by atoms with Gasteiger partial charge in [-0.2, -0.15) is 0 Å². The van der Waals surface area contributed by atoms with E-state index in [9.17, 15) is 15.3 Å². The van der Waals surface area contributed by atoms with E-state index >= 15 is 0 Å². The average Bonchev–Trinajstić information content (AvgIpc) is 2.32. The van der Waals surface area contributed by atoms with Crippen molar-refractivity contribution in [1.82, 2.24) is 4.90 Å². The zero-order chi connectivity index (χ0) is 9.84. The molecule has 1 heterocycles. The van der Waals surface area contributed by atoms with Crippen LogP contribution in [0.5, 0.6) is 0 Å². The van der Waals surface area contributed by atoms with E-state index in [2.05, 4.69) is 6.92 Å². The van der Waals surface area contributed by atoms with Crippen LogP contribution in [0.15, 0.2) is 0 Å². The van der Waals surface area contributed by atoms with Gasteiger partial charge in [-0.15, -0.1) is 0 Å². The molecule has 0 aromatic rings. The molecule has 4 nitrogen and oxygen atoms in total. The molecule has 0 spiro atoms. The third-order valence-corrected chi connectivity index (χ3v) is 3.20. The number of hydrogen-bond acceptors (Lipinski definition) is 5. The van der Waals surface area contributed by atoms with Crippen molar-refractivity contribution < 1.29 is 15.3 Å². The van der Waals surface area contributed by atoms with Crippen molar-refractivity contribution in [3.63, 3.8) is 0 Å². The Morgan fingerprint density at radius 3 is 2.38 bits per heavy atom. The summed E-state index contributed by atoms with van der Waals surface area (Å²) >= 11 is 0.982. The molecule has 13 heavy (non-hydrogen) atoms. The minimum atomic E-state index is -0.920. The normalized spacial score (nSPS) is 35.5. The van der Waals surface area contributed by atoms with Gasteiger partial charge in [0.15, 0.2) is 5.56 Å². The Kier molecular flexibility index (Phi) is 4.48. The van der Waals surface area contributed by atoms with E-state index in [0.29, 0.717) is 6.54 Å². The van der Waals surface area contributed by atoms with Crippen LogP contribution in [0.1, 0.15) is 26.2 Å². The van der Waals surface area contributed by atoms with Crippen molar-refractivity contribution in [2.75, 3.05) is 6.54 Å². The van der Waals surface area contributed by atoms with E-state index in [0.717, 1.165) is 31.0 Å². The summed E-state index contributed by atoms with van der Waals surface area (Å²) < 4.78 is 0. The lowest BCUT2D eigenvalue weighted by molar-refractivity contribution is -0.0760. The molecule has 3 atom stereocenters. The number of thioether (sulfide) groups is 1. The SMILES string of the molecule is CCCCCN1C(O)SC(O)C1O. The van der Waals surface area contributed by atoms with Crippen LogP contribution in [0.2, 0.25) is 0 Å². The van der Waals surface area contributed by atoms with Crippen molar-refractivity contribution in [2.24, 2.45) is 0 Å². The molecular weight excluding hydrogens is 190 g/mol. The minimum absolute atomic E-state index is 0.639. The van der Waals surface area contributed by atoms with Crippen molar-refractivity contribution in [3.05, 3.63) is 0 Å². The summed E-state index contributed by atoms with van der Waals surface area (Å²) in [5.41, 5.74) is -1.64. The summed E-state index contributed by atoms with van der Waals surface area (Å²) in [6, 6.07) is 0. The quantitative estimate of drug-likeness (QED) is 0.572. The third kappa shape index (κ3) is 2.82. The van der Waals surface area contributed by atoms with Crippen LogP contribution in [0, 0.1) is 0 Å². The number of aliphatic hydroxyl groups excluding tert-OH is 3. The monoisotopic (exact) mass is 207 g/mol. The molecule has 1 saturated heterocycles. The molecule has 3 unspecified atom stereocenters. The van der Waals surface area contributed by atoms with Crippen LogP contribution in [-0.2, 0) is 0 Å². The zero-order valence-corrected chi connectivity index (χ0v) is 8.57. The maximum atomic E-state index is 9.42. The molecule has 0 aromatic carbocycles. The molecule has 1 aliphatic rings. The lowest BCUT2D eigenvalue weighted by atomic mass is 10.2. The third-order valence-electron chi connectivity index (χ3n) is 2.16. The van der Waals surface area contributed by atoms with Gasteiger partial charge >= 0.3 is 0 Å². The fraction of sp³-hybridized carbons (Fsp3) is 1.00. The lowest BCUT2D eigenvalue weighted by Gasteiger charge is -2.22. The molecule has 1 fully saturated rings. The Hall–Kier alpha value is 0.190. The molecule has 1 aliphatic heterocycles. The number of rotatable bonds is 4. The minimum Gasteiger partial charge on any atom is -0.378 e. The van der Waals surface area contributed by atoms with E-state index in [1.54, 1.807) is 0 Å². The lowest BCUT2D eigenvalue weighted by Crippen LogP contribution is -2.39. The first-order valence-corrected chi connectivity index (χ1v) is 5.56. The van der Waals surface area contributed by atoms with Gasteiger partial charge in [0.25, 0.3) is 0 Å². The molecule has 0 radical (unpaired) electrons. The first-order chi connectivity index (χ1) is 6.16.